The van der Waals surface area contributed by atoms with Crippen LogP contribution in [0.1, 0.15) is 27.2 Å². The van der Waals surface area contributed by atoms with Crippen LogP contribution in [0, 0.1) is 6.92 Å². The van der Waals surface area contributed by atoms with Gasteiger partial charge in [-0.1, -0.05) is 0 Å². The molecule has 2 heterocycles. The number of thiazole rings is 1. The number of esters is 1. The lowest BCUT2D eigenvalue weighted by molar-refractivity contribution is 0.0527. The molecule has 0 saturated carbocycles. The van der Waals surface area contributed by atoms with Gasteiger partial charge < -0.3 is 15.8 Å². The van der Waals surface area contributed by atoms with Crippen LogP contribution in [0.5, 0.6) is 0 Å². The lowest BCUT2D eigenvalue weighted by atomic mass is 10.2. The molecule has 0 atom stereocenters. The number of aromatic nitrogens is 2. The molecule has 0 aliphatic rings. The van der Waals surface area contributed by atoms with Crippen molar-refractivity contribution in [2.45, 2.75) is 20.4 Å². The molecule has 0 unspecified atom stereocenters. The van der Waals surface area contributed by atoms with Crippen LogP contribution in [-0.4, -0.2) is 22.5 Å². The average Bonchev–Trinajstić information content (AvgIpc) is 2.84. The molecule has 0 aliphatic heterocycles. The van der Waals surface area contributed by atoms with Crippen LogP contribution in [0.4, 0.5) is 11.5 Å². The molecule has 20 heavy (non-hydrogen) atoms. The van der Waals surface area contributed by atoms with Gasteiger partial charge >= 0.3 is 5.97 Å². The number of rotatable bonds is 5. The van der Waals surface area contributed by atoms with Crippen molar-refractivity contribution in [1.82, 2.24) is 9.97 Å². The molecule has 2 rings (SSSR count). The summed E-state index contributed by atoms with van der Waals surface area (Å²) in [7, 11) is 0. The Morgan fingerprint density at radius 1 is 1.45 bits per heavy atom. The lowest BCUT2D eigenvalue weighted by Gasteiger charge is -2.08. The largest absolute Gasteiger partial charge is 0.462 e. The first kappa shape index (κ1) is 14.3. The van der Waals surface area contributed by atoms with Gasteiger partial charge in [-0.2, -0.15) is 0 Å². The molecular formula is C13H16N4O2S. The Morgan fingerprint density at radius 3 is 2.90 bits per heavy atom. The average molecular weight is 292 g/mol. The molecule has 0 spiro atoms. The third-order valence-corrected chi connectivity index (χ3v) is 3.43. The number of carbonyl (C=O) groups is 1. The van der Waals surface area contributed by atoms with Crippen molar-refractivity contribution < 1.29 is 9.53 Å². The second kappa shape index (κ2) is 6.33. The maximum atomic E-state index is 11.7. The fraction of sp³-hybridized carbons (Fsp3) is 0.308. The Bertz CT molecular complexity index is 612. The van der Waals surface area contributed by atoms with Crippen LogP contribution in [0.15, 0.2) is 18.5 Å². The molecule has 0 amide bonds. The van der Waals surface area contributed by atoms with Gasteiger partial charge in [0.15, 0.2) is 0 Å². The van der Waals surface area contributed by atoms with Gasteiger partial charge in [0, 0.05) is 11.1 Å². The van der Waals surface area contributed by atoms with E-state index in [0.717, 1.165) is 9.88 Å². The van der Waals surface area contributed by atoms with Crippen LogP contribution in [0.3, 0.4) is 0 Å². The first-order valence-corrected chi connectivity index (χ1v) is 6.99. The zero-order valence-corrected chi connectivity index (χ0v) is 12.2. The Labute approximate surface area is 121 Å². The standard InChI is InChI=1S/C13H16N4O2S/c1-3-19-13(18)9-4-11(15-6-10(9)14)16-7-12-17-5-8(2)20-12/h4-6H,3,7,14H2,1-2H3,(H,15,16). The summed E-state index contributed by atoms with van der Waals surface area (Å²) in [5, 5.41) is 4.07. The van der Waals surface area contributed by atoms with Crippen molar-refractivity contribution in [3.05, 3.63) is 33.9 Å². The highest BCUT2D eigenvalue weighted by molar-refractivity contribution is 7.11. The van der Waals surface area contributed by atoms with Gasteiger partial charge in [0.2, 0.25) is 0 Å². The number of anilines is 2. The summed E-state index contributed by atoms with van der Waals surface area (Å²) in [6.45, 7) is 4.61. The molecule has 2 aromatic rings. The third-order valence-electron chi connectivity index (χ3n) is 2.52. The molecule has 106 valence electrons. The zero-order valence-electron chi connectivity index (χ0n) is 11.3. The predicted octanol–water partition coefficient (Wildman–Crippen LogP) is 2.22. The van der Waals surface area contributed by atoms with Gasteiger partial charge in [0.05, 0.1) is 30.6 Å². The summed E-state index contributed by atoms with van der Waals surface area (Å²) in [6.07, 6.45) is 3.27. The minimum Gasteiger partial charge on any atom is -0.462 e. The number of nitrogen functional groups attached to an aromatic ring is 1. The zero-order chi connectivity index (χ0) is 14.5. The van der Waals surface area contributed by atoms with Crippen molar-refractivity contribution in [2.75, 3.05) is 17.7 Å². The van der Waals surface area contributed by atoms with Gasteiger partial charge in [-0.15, -0.1) is 11.3 Å². The molecule has 6 nitrogen and oxygen atoms in total. The minimum atomic E-state index is -0.444. The third kappa shape index (κ3) is 3.45. The minimum absolute atomic E-state index is 0.305. The molecule has 0 aliphatic carbocycles. The Balaban J connectivity index is 2.08. The first-order chi connectivity index (χ1) is 9.60. The molecule has 0 aromatic carbocycles. The van der Waals surface area contributed by atoms with E-state index in [1.807, 2.05) is 13.1 Å². The normalized spacial score (nSPS) is 10.3. The molecule has 0 bridgehead atoms. The van der Waals surface area contributed by atoms with Crippen molar-refractivity contribution in [1.29, 1.82) is 0 Å². The number of pyridine rings is 1. The van der Waals surface area contributed by atoms with Gasteiger partial charge in [-0.25, -0.2) is 14.8 Å². The summed E-state index contributed by atoms with van der Waals surface area (Å²) in [5.74, 6) is 0.121. The van der Waals surface area contributed by atoms with Gasteiger partial charge in [-0.05, 0) is 19.9 Å². The van der Waals surface area contributed by atoms with Crippen LogP contribution in [0.2, 0.25) is 0 Å². The van der Waals surface area contributed by atoms with Crippen LogP contribution in [0.25, 0.3) is 0 Å². The summed E-state index contributed by atoms with van der Waals surface area (Å²) in [5.41, 5.74) is 6.35. The Morgan fingerprint density at radius 2 is 2.25 bits per heavy atom. The fourth-order valence-electron chi connectivity index (χ4n) is 1.60. The second-order valence-electron chi connectivity index (χ2n) is 4.10. The van der Waals surface area contributed by atoms with Crippen molar-refractivity contribution >= 4 is 28.8 Å². The Kier molecular flexibility index (Phi) is 4.52. The molecule has 0 radical (unpaired) electrons. The van der Waals surface area contributed by atoms with Crippen molar-refractivity contribution in [3.8, 4) is 0 Å². The predicted molar refractivity (Wildman–Crippen MR) is 78.8 cm³/mol. The van der Waals surface area contributed by atoms with Gasteiger partial charge in [0.1, 0.15) is 10.8 Å². The number of nitrogens with one attached hydrogen (secondary N) is 1. The molecule has 0 saturated heterocycles. The molecule has 7 heteroatoms. The molecule has 3 N–H and O–H groups in total. The van der Waals surface area contributed by atoms with E-state index in [1.54, 1.807) is 24.3 Å². The van der Waals surface area contributed by atoms with Gasteiger partial charge in [0.25, 0.3) is 0 Å². The quantitative estimate of drug-likeness (QED) is 0.821. The number of nitrogens with two attached hydrogens (primary N) is 1. The van der Waals surface area contributed by atoms with E-state index in [9.17, 15) is 4.79 Å². The van der Waals surface area contributed by atoms with Crippen LogP contribution in [-0.2, 0) is 11.3 Å². The lowest BCUT2D eigenvalue weighted by Crippen LogP contribution is -2.10. The fourth-order valence-corrected chi connectivity index (χ4v) is 2.32. The monoisotopic (exact) mass is 292 g/mol. The number of hydrogen-bond acceptors (Lipinski definition) is 7. The topological polar surface area (TPSA) is 90.1 Å². The van der Waals surface area contributed by atoms with E-state index in [1.165, 1.54) is 6.20 Å². The first-order valence-electron chi connectivity index (χ1n) is 6.18. The summed E-state index contributed by atoms with van der Waals surface area (Å²) in [6, 6.07) is 1.59. The summed E-state index contributed by atoms with van der Waals surface area (Å²) in [4.78, 5) is 21.3. The Hall–Kier alpha value is -2.15. The van der Waals surface area contributed by atoms with Crippen molar-refractivity contribution in [2.24, 2.45) is 0 Å². The van der Waals surface area contributed by atoms with Gasteiger partial charge in [-0.3, -0.25) is 0 Å². The smallest absolute Gasteiger partial charge is 0.340 e. The van der Waals surface area contributed by atoms with Crippen LogP contribution < -0.4 is 11.1 Å². The highest BCUT2D eigenvalue weighted by atomic mass is 32.1. The maximum Gasteiger partial charge on any atom is 0.340 e. The number of ether oxygens (including phenoxy) is 1. The highest BCUT2D eigenvalue weighted by Gasteiger charge is 2.12. The van der Waals surface area contributed by atoms with E-state index in [2.05, 4.69) is 15.3 Å². The number of aryl methyl sites for hydroxylation is 1. The van der Waals surface area contributed by atoms with Crippen molar-refractivity contribution in [3.63, 3.8) is 0 Å². The number of hydrogen-bond donors (Lipinski definition) is 2. The number of carbonyl (C=O) groups excluding carboxylic acids is 1. The molecule has 0 fully saturated rings. The van der Waals surface area contributed by atoms with E-state index < -0.39 is 5.97 Å². The summed E-state index contributed by atoms with van der Waals surface area (Å²) >= 11 is 1.61. The molecular weight excluding hydrogens is 276 g/mol. The number of nitrogens with zero attached hydrogens (tertiary/aromatic N) is 2. The van der Waals surface area contributed by atoms with E-state index in [-0.39, 0.29) is 0 Å². The van der Waals surface area contributed by atoms with E-state index in [4.69, 9.17) is 10.5 Å². The SMILES string of the molecule is CCOC(=O)c1cc(NCc2ncc(C)s2)ncc1N. The summed E-state index contributed by atoms with van der Waals surface area (Å²) < 4.78 is 4.95. The van der Waals surface area contributed by atoms with E-state index >= 15 is 0 Å². The van der Waals surface area contributed by atoms with Crippen LogP contribution >= 0.6 is 11.3 Å². The molecule has 2 aromatic heterocycles. The highest BCUT2D eigenvalue weighted by Crippen LogP contribution is 2.18. The van der Waals surface area contributed by atoms with E-state index in [0.29, 0.717) is 30.2 Å². The second-order valence-corrected chi connectivity index (χ2v) is 5.41. The maximum absolute atomic E-state index is 11.7.